The number of benzene rings is 3. The van der Waals surface area contributed by atoms with E-state index in [1.807, 2.05) is 53.2 Å². The van der Waals surface area contributed by atoms with E-state index in [1.165, 1.54) is 0 Å². The molecule has 1 unspecified atom stereocenters. The molecule has 3 aromatic carbocycles. The summed E-state index contributed by atoms with van der Waals surface area (Å²) < 4.78 is 11.0. The first-order valence-electron chi connectivity index (χ1n) is 16.3. The van der Waals surface area contributed by atoms with Gasteiger partial charge in [0.15, 0.2) is 0 Å². The molecule has 2 saturated heterocycles. The standard InChI is InChI=1S/C36H36N6O6S/c1-47-25-15-16-30-23(17-25)18-26(35(45)48-30)27-19-29(21-7-3-2-4-8-21)42(41-27)24-13-11-22(12-14-24)34(44)40-39-32(43)10-6-5-9-31-33-28(20-49-31)37-36(46)38-33/h2-4,7-8,11-18,28-29,31,33H,5-6,9-10,19-20H2,1H3,(H,39,43)(H,40,44)(H2,37,38,46)/t28-,29?,31-,33-/m0/s1. The molecule has 49 heavy (non-hydrogen) atoms. The Hall–Kier alpha value is -5.30. The molecule has 0 saturated carbocycles. The van der Waals surface area contributed by atoms with Crippen LogP contribution in [0.4, 0.5) is 10.5 Å². The van der Waals surface area contributed by atoms with Gasteiger partial charge in [0, 0.05) is 34.8 Å². The molecule has 0 aliphatic carbocycles. The molecule has 0 radical (unpaired) electrons. The fraction of sp³-hybridized carbons (Fsp3) is 0.306. The minimum absolute atomic E-state index is 0.102. The Balaban J connectivity index is 0.985. The number of hydrazone groups is 1. The van der Waals surface area contributed by atoms with Gasteiger partial charge in [-0.15, -0.1) is 0 Å². The number of carbonyl (C=O) groups excluding carboxylic acids is 3. The van der Waals surface area contributed by atoms with Gasteiger partial charge < -0.3 is 19.8 Å². The first kappa shape index (κ1) is 32.3. The minimum atomic E-state index is -0.471. The number of urea groups is 1. The molecule has 252 valence electrons. The normalized spacial score (nSPS) is 21.1. The van der Waals surface area contributed by atoms with Crippen molar-refractivity contribution in [2.24, 2.45) is 5.10 Å². The number of hydrogen-bond donors (Lipinski definition) is 4. The Morgan fingerprint density at radius 3 is 2.61 bits per heavy atom. The Labute approximate surface area is 286 Å². The maximum atomic E-state index is 13.1. The molecule has 3 aliphatic rings. The lowest BCUT2D eigenvalue weighted by Crippen LogP contribution is -2.41. The van der Waals surface area contributed by atoms with Gasteiger partial charge in [0.05, 0.1) is 42.2 Å². The highest BCUT2D eigenvalue weighted by molar-refractivity contribution is 8.00. The van der Waals surface area contributed by atoms with Crippen LogP contribution in [0.3, 0.4) is 0 Å². The van der Waals surface area contributed by atoms with E-state index in [4.69, 9.17) is 14.3 Å². The van der Waals surface area contributed by atoms with Crippen LogP contribution in [0.2, 0.25) is 0 Å². The summed E-state index contributed by atoms with van der Waals surface area (Å²) in [6.45, 7) is 0. The number of nitrogens with zero attached hydrogens (tertiary/aromatic N) is 2. The van der Waals surface area contributed by atoms with E-state index in [1.54, 1.807) is 49.6 Å². The number of hydrogen-bond acceptors (Lipinski definition) is 9. The highest BCUT2D eigenvalue weighted by atomic mass is 32.2. The van der Waals surface area contributed by atoms with Crippen LogP contribution in [0.5, 0.6) is 5.75 Å². The Kier molecular flexibility index (Phi) is 9.25. The number of anilines is 1. The number of methoxy groups -OCH3 is 1. The van der Waals surface area contributed by atoms with Crippen molar-refractivity contribution in [1.82, 2.24) is 21.5 Å². The van der Waals surface area contributed by atoms with Crippen LogP contribution in [0, 0.1) is 0 Å². The van der Waals surface area contributed by atoms with Crippen LogP contribution in [-0.2, 0) is 4.79 Å². The second-order valence-electron chi connectivity index (χ2n) is 12.3. The van der Waals surface area contributed by atoms with Crippen molar-refractivity contribution in [1.29, 1.82) is 0 Å². The summed E-state index contributed by atoms with van der Waals surface area (Å²) >= 11 is 1.85. The van der Waals surface area contributed by atoms with Gasteiger partial charge in [-0.3, -0.25) is 25.4 Å². The van der Waals surface area contributed by atoms with E-state index in [9.17, 15) is 19.2 Å². The smallest absolute Gasteiger partial charge is 0.345 e. The number of hydrazine groups is 1. The molecule has 0 bridgehead atoms. The van der Waals surface area contributed by atoms with Crippen molar-refractivity contribution in [3.63, 3.8) is 0 Å². The molecular weight excluding hydrogens is 644 g/mol. The van der Waals surface area contributed by atoms with Crippen LogP contribution in [0.15, 0.2) is 93.2 Å². The fourth-order valence-electron chi connectivity index (χ4n) is 6.58. The van der Waals surface area contributed by atoms with Crippen molar-refractivity contribution in [3.05, 3.63) is 106 Å². The van der Waals surface area contributed by atoms with Gasteiger partial charge in [-0.25, -0.2) is 9.59 Å². The number of ether oxygens (including phenoxy) is 1. The van der Waals surface area contributed by atoms with E-state index < -0.39 is 11.5 Å². The molecule has 2 fully saturated rings. The highest BCUT2D eigenvalue weighted by Gasteiger charge is 2.42. The Bertz CT molecular complexity index is 1970. The number of fused-ring (bicyclic) bond motifs is 2. The van der Waals surface area contributed by atoms with E-state index in [-0.39, 0.29) is 36.5 Å². The Morgan fingerprint density at radius 1 is 1.00 bits per heavy atom. The zero-order valence-corrected chi connectivity index (χ0v) is 27.6. The predicted octanol–water partition coefficient (Wildman–Crippen LogP) is 4.64. The largest absolute Gasteiger partial charge is 0.497 e. The minimum Gasteiger partial charge on any atom is -0.497 e. The zero-order valence-electron chi connectivity index (χ0n) is 26.8. The molecular formula is C36H36N6O6S. The van der Waals surface area contributed by atoms with Gasteiger partial charge >= 0.3 is 11.7 Å². The molecule has 3 aliphatic heterocycles. The number of rotatable bonds is 10. The quantitative estimate of drug-likeness (QED) is 0.0818. The highest BCUT2D eigenvalue weighted by Crippen LogP contribution is 2.37. The first-order chi connectivity index (χ1) is 23.9. The Morgan fingerprint density at radius 2 is 1.82 bits per heavy atom. The number of amides is 4. The molecule has 12 nitrogen and oxygen atoms in total. The lowest BCUT2D eigenvalue weighted by molar-refractivity contribution is -0.122. The third-order valence-corrected chi connectivity index (χ3v) is 10.6. The molecule has 4 N–H and O–H groups in total. The van der Waals surface area contributed by atoms with Crippen LogP contribution in [0.1, 0.15) is 59.6 Å². The van der Waals surface area contributed by atoms with Crippen molar-refractivity contribution < 1.29 is 23.5 Å². The molecule has 4 amide bonds. The van der Waals surface area contributed by atoms with Gasteiger partial charge in [-0.2, -0.15) is 16.9 Å². The van der Waals surface area contributed by atoms with Crippen LogP contribution in [-0.4, -0.2) is 53.8 Å². The summed E-state index contributed by atoms with van der Waals surface area (Å²) in [5, 5.41) is 13.7. The molecule has 4 atom stereocenters. The molecule has 4 aromatic rings. The average molecular weight is 681 g/mol. The van der Waals surface area contributed by atoms with Crippen LogP contribution < -0.4 is 36.9 Å². The van der Waals surface area contributed by atoms with Crippen LogP contribution >= 0.6 is 11.8 Å². The van der Waals surface area contributed by atoms with Crippen LogP contribution in [0.25, 0.3) is 11.0 Å². The summed E-state index contributed by atoms with van der Waals surface area (Å²) in [4.78, 5) is 49.9. The van der Waals surface area contributed by atoms with E-state index >= 15 is 0 Å². The fourth-order valence-corrected chi connectivity index (χ4v) is 8.12. The first-order valence-corrected chi connectivity index (χ1v) is 17.3. The van der Waals surface area contributed by atoms with Gasteiger partial charge in [0.25, 0.3) is 5.91 Å². The lowest BCUT2D eigenvalue weighted by Gasteiger charge is -2.24. The molecule has 0 spiro atoms. The maximum Gasteiger partial charge on any atom is 0.345 e. The molecule has 1 aromatic heterocycles. The topological polar surface area (TPSA) is 154 Å². The third-order valence-electron chi connectivity index (χ3n) is 9.14. The van der Waals surface area contributed by atoms with Gasteiger partial charge in [0.2, 0.25) is 5.91 Å². The van der Waals surface area contributed by atoms with E-state index in [0.29, 0.717) is 46.3 Å². The van der Waals surface area contributed by atoms with Crippen molar-refractivity contribution >= 4 is 52.0 Å². The summed E-state index contributed by atoms with van der Waals surface area (Å²) in [7, 11) is 1.58. The van der Waals surface area contributed by atoms with Gasteiger partial charge in [0.1, 0.15) is 11.3 Å². The summed E-state index contributed by atoms with van der Waals surface area (Å²) in [5.74, 6) is 0.855. The summed E-state index contributed by atoms with van der Waals surface area (Å²) in [6, 6.07) is 23.9. The summed E-state index contributed by atoms with van der Waals surface area (Å²) in [6.07, 6.45) is 3.20. The maximum absolute atomic E-state index is 13.1. The van der Waals surface area contributed by atoms with E-state index in [0.717, 1.165) is 35.2 Å². The second kappa shape index (κ2) is 14.0. The third kappa shape index (κ3) is 6.98. The average Bonchev–Trinajstić information content (AvgIpc) is 3.84. The van der Waals surface area contributed by atoms with Gasteiger partial charge in [-0.1, -0.05) is 36.8 Å². The summed E-state index contributed by atoms with van der Waals surface area (Å²) in [5.41, 5.74) is 8.09. The SMILES string of the molecule is COc1ccc2oc(=O)c(C3=NN(c4ccc(C(=O)NNC(=O)CCCC[C@@H]5SC[C@@H]6NC(=O)N[C@@H]65)cc4)C(c4ccccc4)C3)cc2c1. The number of unbranched alkanes of at least 4 members (excludes halogenated alkanes) is 1. The molecule has 7 rings (SSSR count). The van der Waals surface area contributed by atoms with Gasteiger partial charge in [-0.05, 0) is 66.9 Å². The monoisotopic (exact) mass is 680 g/mol. The molecule has 4 heterocycles. The second-order valence-corrected chi connectivity index (χ2v) is 13.6. The number of nitrogens with one attached hydrogen (secondary N) is 4. The van der Waals surface area contributed by atoms with E-state index in [2.05, 4.69) is 21.5 Å². The zero-order chi connectivity index (χ0) is 33.9. The van der Waals surface area contributed by atoms with Crippen molar-refractivity contribution in [2.45, 2.75) is 55.5 Å². The number of carbonyl (C=O) groups is 3. The molecule has 13 heteroatoms. The van der Waals surface area contributed by atoms with Crippen molar-refractivity contribution in [2.75, 3.05) is 17.9 Å². The lowest BCUT2D eigenvalue weighted by atomic mass is 9.98. The number of thioether (sulfide) groups is 1. The van der Waals surface area contributed by atoms with Crippen molar-refractivity contribution in [3.8, 4) is 5.75 Å². The predicted molar refractivity (Wildman–Crippen MR) is 188 cm³/mol.